The zero-order valence-corrected chi connectivity index (χ0v) is 8.41. The molecule has 0 bridgehead atoms. The van der Waals surface area contributed by atoms with Crippen LogP contribution < -0.4 is 16.0 Å². The number of nitrogens with one attached hydrogen (secondary N) is 1. The average molecular weight is 197 g/mol. The lowest BCUT2D eigenvalue weighted by Crippen LogP contribution is -2.41. The maximum Gasteiger partial charge on any atom is 0.254 e. The summed E-state index contributed by atoms with van der Waals surface area (Å²) in [5.74, 6) is 0.305. The molecule has 0 aliphatic carbocycles. The van der Waals surface area contributed by atoms with Gasteiger partial charge in [0, 0.05) is 5.54 Å². The highest BCUT2D eigenvalue weighted by Crippen LogP contribution is 2.07. The molecule has 5 nitrogen and oxygen atoms in total. The van der Waals surface area contributed by atoms with Crippen LogP contribution in [-0.4, -0.2) is 22.1 Å². The molecule has 78 valence electrons. The first-order chi connectivity index (χ1) is 6.53. The number of rotatable bonds is 4. The van der Waals surface area contributed by atoms with Crippen LogP contribution in [0.4, 0.5) is 0 Å². The van der Waals surface area contributed by atoms with E-state index in [1.807, 2.05) is 13.8 Å². The number of nitrogens with two attached hydrogens (primary N) is 1. The first-order valence-electron chi connectivity index (χ1n) is 4.50. The van der Waals surface area contributed by atoms with Crippen molar-refractivity contribution in [3.8, 4) is 5.88 Å². The molecule has 0 radical (unpaired) electrons. The van der Waals surface area contributed by atoms with Crippen LogP contribution in [0.5, 0.6) is 5.88 Å². The van der Waals surface area contributed by atoms with E-state index in [0.717, 1.165) is 6.42 Å². The first-order valence-corrected chi connectivity index (χ1v) is 4.50. The lowest BCUT2D eigenvalue weighted by molar-refractivity contribution is 0.218. The molecule has 1 aromatic heterocycles. The van der Waals surface area contributed by atoms with Crippen molar-refractivity contribution in [2.45, 2.75) is 25.8 Å². The van der Waals surface area contributed by atoms with E-state index in [1.165, 1.54) is 12.4 Å². The predicted molar refractivity (Wildman–Crippen MR) is 53.2 cm³/mol. The zero-order chi connectivity index (χ0) is 10.6. The maximum atomic E-state index is 10.9. The van der Waals surface area contributed by atoms with Gasteiger partial charge < -0.3 is 15.5 Å². The molecule has 1 heterocycles. The van der Waals surface area contributed by atoms with Gasteiger partial charge in [-0.15, -0.1) is 0 Å². The van der Waals surface area contributed by atoms with Crippen LogP contribution in [0, 0.1) is 0 Å². The molecular weight excluding hydrogens is 182 g/mol. The van der Waals surface area contributed by atoms with E-state index in [-0.39, 0.29) is 11.1 Å². The smallest absolute Gasteiger partial charge is 0.254 e. The second-order valence-corrected chi connectivity index (χ2v) is 3.55. The Balaban J connectivity index is 2.58. The minimum atomic E-state index is -0.385. The predicted octanol–water partition coefficient (Wildman–Crippen LogP) is 0.276. The number of aromatic amines is 1. The van der Waals surface area contributed by atoms with E-state index >= 15 is 0 Å². The standard InChI is InChI=1S/C9H15N3O2/c1-3-9(2,10)5-14-8-4-7(13)11-6-12-8/h4,6H,3,5,10H2,1-2H3,(H,11,12,13). The van der Waals surface area contributed by atoms with Crippen molar-refractivity contribution in [1.82, 2.24) is 9.97 Å². The topological polar surface area (TPSA) is 81.0 Å². The summed E-state index contributed by atoms with van der Waals surface area (Å²) >= 11 is 0. The minimum Gasteiger partial charge on any atom is -0.476 e. The van der Waals surface area contributed by atoms with Gasteiger partial charge in [-0.25, -0.2) is 4.98 Å². The Morgan fingerprint density at radius 1 is 1.71 bits per heavy atom. The van der Waals surface area contributed by atoms with Crippen molar-refractivity contribution in [1.29, 1.82) is 0 Å². The monoisotopic (exact) mass is 197 g/mol. The number of aromatic nitrogens is 2. The minimum absolute atomic E-state index is 0.231. The maximum absolute atomic E-state index is 10.9. The van der Waals surface area contributed by atoms with Gasteiger partial charge in [-0.05, 0) is 13.3 Å². The molecule has 3 N–H and O–H groups in total. The van der Waals surface area contributed by atoms with Crippen LogP contribution in [-0.2, 0) is 0 Å². The van der Waals surface area contributed by atoms with Crippen LogP contribution in [0.3, 0.4) is 0 Å². The van der Waals surface area contributed by atoms with E-state index < -0.39 is 0 Å². The summed E-state index contributed by atoms with van der Waals surface area (Å²) in [6, 6.07) is 1.30. The molecule has 0 aromatic carbocycles. The van der Waals surface area contributed by atoms with Crippen molar-refractivity contribution >= 4 is 0 Å². The Morgan fingerprint density at radius 3 is 3.00 bits per heavy atom. The molecule has 0 amide bonds. The molecule has 1 rings (SSSR count). The van der Waals surface area contributed by atoms with E-state index in [0.29, 0.717) is 12.5 Å². The first kappa shape index (κ1) is 10.7. The highest BCUT2D eigenvalue weighted by molar-refractivity contribution is 5.05. The molecular formula is C9H15N3O2. The highest BCUT2D eigenvalue weighted by Gasteiger charge is 2.16. The summed E-state index contributed by atoms with van der Waals surface area (Å²) in [5, 5.41) is 0. The second-order valence-electron chi connectivity index (χ2n) is 3.55. The molecule has 0 spiro atoms. The van der Waals surface area contributed by atoms with Gasteiger partial charge in [0.15, 0.2) is 0 Å². The third-order valence-corrected chi connectivity index (χ3v) is 2.01. The van der Waals surface area contributed by atoms with Crippen molar-refractivity contribution in [3.63, 3.8) is 0 Å². The van der Waals surface area contributed by atoms with Crippen LogP contribution >= 0.6 is 0 Å². The average Bonchev–Trinajstić information content (AvgIpc) is 2.15. The van der Waals surface area contributed by atoms with Crippen LogP contribution in [0.1, 0.15) is 20.3 Å². The van der Waals surface area contributed by atoms with Crippen molar-refractivity contribution in [2.24, 2.45) is 5.73 Å². The van der Waals surface area contributed by atoms with Gasteiger partial charge in [0.1, 0.15) is 6.61 Å². The second kappa shape index (κ2) is 4.23. The molecule has 5 heteroatoms. The Kier molecular flexibility index (Phi) is 3.24. The summed E-state index contributed by atoms with van der Waals surface area (Å²) in [5.41, 5.74) is 5.25. The Bertz CT molecular complexity index is 346. The number of H-pyrrole nitrogens is 1. The third-order valence-electron chi connectivity index (χ3n) is 2.01. The van der Waals surface area contributed by atoms with Gasteiger partial charge in [0.05, 0.1) is 12.4 Å². The third kappa shape index (κ3) is 3.18. The van der Waals surface area contributed by atoms with E-state index in [9.17, 15) is 4.79 Å². The van der Waals surface area contributed by atoms with Crippen molar-refractivity contribution in [3.05, 3.63) is 22.7 Å². The fourth-order valence-electron chi connectivity index (χ4n) is 0.770. The number of hydrogen-bond donors (Lipinski definition) is 2. The lowest BCUT2D eigenvalue weighted by Gasteiger charge is -2.21. The van der Waals surface area contributed by atoms with Crippen LogP contribution in [0.25, 0.3) is 0 Å². The lowest BCUT2D eigenvalue weighted by atomic mass is 10.0. The van der Waals surface area contributed by atoms with Crippen molar-refractivity contribution in [2.75, 3.05) is 6.61 Å². The Labute approximate surface area is 82.3 Å². The molecule has 0 aliphatic rings. The normalized spacial score (nSPS) is 14.8. The summed E-state index contributed by atoms with van der Waals surface area (Å²) in [6.45, 7) is 4.22. The fourth-order valence-corrected chi connectivity index (χ4v) is 0.770. The molecule has 1 atom stereocenters. The van der Waals surface area contributed by atoms with Gasteiger partial charge in [-0.3, -0.25) is 4.79 Å². The van der Waals surface area contributed by atoms with Gasteiger partial charge in [0.2, 0.25) is 5.88 Å². The molecule has 0 aliphatic heterocycles. The molecule has 14 heavy (non-hydrogen) atoms. The molecule has 1 unspecified atom stereocenters. The Morgan fingerprint density at radius 2 is 2.43 bits per heavy atom. The van der Waals surface area contributed by atoms with E-state index in [2.05, 4.69) is 9.97 Å². The summed E-state index contributed by atoms with van der Waals surface area (Å²) < 4.78 is 5.29. The van der Waals surface area contributed by atoms with Gasteiger partial charge in [-0.1, -0.05) is 6.92 Å². The van der Waals surface area contributed by atoms with Crippen molar-refractivity contribution < 1.29 is 4.74 Å². The van der Waals surface area contributed by atoms with Gasteiger partial charge in [0.25, 0.3) is 5.56 Å². The van der Waals surface area contributed by atoms with Gasteiger partial charge in [-0.2, -0.15) is 0 Å². The highest BCUT2D eigenvalue weighted by atomic mass is 16.5. The number of ether oxygens (including phenoxy) is 1. The molecule has 0 fully saturated rings. The molecule has 0 saturated carbocycles. The quantitative estimate of drug-likeness (QED) is 0.726. The molecule has 1 aromatic rings. The van der Waals surface area contributed by atoms with Crippen LogP contribution in [0.15, 0.2) is 17.2 Å². The fraction of sp³-hybridized carbons (Fsp3) is 0.556. The number of nitrogens with zero attached hydrogens (tertiary/aromatic N) is 1. The number of hydrogen-bond acceptors (Lipinski definition) is 4. The summed E-state index contributed by atoms with van der Waals surface area (Å²) in [6.07, 6.45) is 2.10. The Hall–Kier alpha value is -1.36. The summed E-state index contributed by atoms with van der Waals surface area (Å²) in [7, 11) is 0. The SMILES string of the molecule is CCC(C)(N)COc1cc(=O)[nH]cn1. The zero-order valence-electron chi connectivity index (χ0n) is 8.41. The molecule has 0 saturated heterocycles. The van der Waals surface area contributed by atoms with E-state index in [4.69, 9.17) is 10.5 Å². The van der Waals surface area contributed by atoms with E-state index in [1.54, 1.807) is 0 Å². The van der Waals surface area contributed by atoms with Gasteiger partial charge >= 0.3 is 0 Å². The largest absolute Gasteiger partial charge is 0.476 e. The summed E-state index contributed by atoms with van der Waals surface area (Å²) in [4.78, 5) is 17.1. The van der Waals surface area contributed by atoms with Crippen LogP contribution in [0.2, 0.25) is 0 Å².